The molecule has 0 aliphatic rings. The summed E-state index contributed by atoms with van der Waals surface area (Å²) >= 11 is 0. The third kappa shape index (κ3) is 3.37. The van der Waals surface area contributed by atoms with Crippen LogP contribution in [0, 0.1) is 5.82 Å². The predicted molar refractivity (Wildman–Crippen MR) is 72.4 cm³/mol. The van der Waals surface area contributed by atoms with Gasteiger partial charge in [-0.2, -0.15) is 0 Å². The average Bonchev–Trinajstić information content (AvgIpc) is 2.39. The molecule has 0 amide bonds. The quantitative estimate of drug-likeness (QED) is 0.677. The smallest absolute Gasteiger partial charge is 0.165 e. The van der Waals surface area contributed by atoms with Gasteiger partial charge in [-0.3, -0.25) is 9.78 Å². The molecule has 2 rings (SSSR count). The number of pyridine rings is 1. The van der Waals surface area contributed by atoms with Crippen molar-refractivity contribution in [2.75, 3.05) is 5.73 Å². The van der Waals surface area contributed by atoms with Gasteiger partial charge >= 0.3 is 0 Å². The van der Waals surface area contributed by atoms with Crippen LogP contribution in [-0.2, 0) is 0 Å². The van der Waals surface area contributed by atoms with E-state index in [-0.39, 0.29) is 11.7 Å². The van der Waals surface area contributed by atoms with Crippen LogP contribution >= 0.6 is 0 Å². The number of hydrogen-bond acceptors (Lipinski definition) is 3. The third-order valence-corrected chi connectivity index (χ3v) is 3.02. The Labute approximate surface area is 111 Å². The van der Waals surface area contributed by atoms with Gasteiger partial charge in [0.25, 0.3) is 0 Å². The highest BCUT2D eigenvalue weighted by Gasteiger charge is 2.13. The lowest BCUT2D eigenvalue weighted by atomic mass is 9.93. The van der Waals surface area contributed by atoms with Crippen molar-refractivity contribution in [1.82, 2.24) is 4.98 Å². The maximum absolute atomic E-state index is 13.0. The molecule has 3 nitrogen and oxygen atoms in total. The normalized spacial score (nSPS) is 12.1. The number of anilines is 1. The van der Waals surface area contributed by atoms with Gasteiger partial charge in [-0.25, -0.2) is 4.39 Å². The number of benzene rings is 1. The molecular weight excluding hydrogens is 243 g/mol. The van der Waals surface area contributed by atoms with Crippen LogP contribution in [0.4, 0.5) is 10.1 Å². The van der Waals surface area contributed by atoms with Crippen molar-refractivity contribution in [3.05, 3.63) is 59.7 Å². The van der Waals surface area contributed by atoms with Crippen LogP contribution in [0.15, 0.2) is 42.7 Å². The summed E-state index contributed by atoms with van der Waals surface area (Å²) in [6.07, 6.45) is 2.79. The van der Waals surface area contributed by atoms with E-state index in [9.17, 15) is 9.18 Å². The third-order valence-electron chi connectivity index (χ3n) is 3.02. The zero-order chi connectivity index (χ0) is 13.8. The molecular formula is C15H15FN2O. The van der Waals surface area contributed by atoms with E-state index in [0.29, 0.717) is 17.7 Å². The van der Waals surface area contributed by atoms with Crippen molar-refractivity contribution in [3.8, 4) is 0 Å². The summed E-state index contributed by atoms with van der Waals surface area (Å²) in [5.41, 5.74) is 7.65. The first-order chi connectivity index (χ1) is 9.06. The van der Waals surface area contributed by atoms with Crippen molar-refractivity contribution >= 4 is 11.5 Å². The largest absolute Gasteiger partial charge is 0.399 e. The van der Waals surface area contributed by atoms with Gasteiger partial charge < -0.3 is 5.73 Å². The van der Waals surface area contributed by atoms with Gasteiger partial charge in [0.1, 0.15) is 5.82 Å². The lowest BCUT2D eigenvalue weighted by molar-refractivity contribution is 0.0975. The van der Waals surface area contributed by atoms with Gasteiger partial charge in [-0.1, -0.05) is 19.1 Å². The Morgan fingerprint density at radius 1 is 1.32 bits per heavy atom. The Hall–Kier alpha value is -2.23. The number of nitrogen functional groups attached to an aromatic ring is 1. The number of carbonyl (C=O) groups is 1. The van der Waals surface area contributed by atoms with Crippen molar-refractivity contribution < 1.29 is 9.18 Å². The summed E-state index contributed by atoms with van der Waals surface area (Å²) in [6, 6.07) is 8.62. The molecule has 0 bridgehead atoms. The van der Waals surface area contributed by atoms with E-state index < -0.39 is 5.82 Å². The summed E-state index contributed by atoms with van der Waals surface area (Å²) in [7, 11) is 0. The number of rotatable bonds is 4. The van der Waals surface area contributed by atoms with E-state index in [1.54, 1.807) is 12.1 Å². The van der Waals surface area contributed by atoms with Crippen LogP contribution in [0.2, 0.25) is 0 Å². The van der Waals surface area contributed by atoms with Crippen LogP contribution in [0.3, 0.4) is 0 Å². The zero-order valence-electron chi connectivity index (χ0n) is 10.6. The predicted octanol–water partition coefficient (Wildman–Crippen LogP) is 3.18. The second kappa shape index (κ2) is 5.61. The number of nitrogens with zero attached hydrogens (tertiary/aromatic N) is 1. The van der Waals surface area contributed by atoms with E-state index >= 15 is 0 Å². The van der Waals surface area contributed by atoms with E-state index in [2.05, 4.69) is 4.98 Å². The average molecular weight is 258 g/mol. The van der Waals surface area contributed by atoms with E-state index in [1.807, 2.05) is 19.1 Å². The van der Waals surface area contributed by atoms with Gasteiger partial charge in [-0.15, -0.1) is 0 Å². The molecule has 0 fully saturated rings. The van der Waals surface area contributed by atoms with Crippen LogP contribution in [0.5, 0.6) is 0 Å². The second-order valence-electron chi connectivity index (χ2n) is 4.59. The zero-order valence-corrected chi connectivity index (χ0v) is 10.6. The molecule has 1 atom stereocenters. The molecule has 0 aliphatic carbocycles. The van der Waals surface area contributed by atoms with E-state index in [4.69, 9.17) is 5.73 Å². The Balaban J connectivity index is 2.08. The molecule has 19 heavy (non-hydrogen) atoms. The molecule has 0 spiro atoms. The van der Waals surface area contributed by atoms with Crippen LogP contribution in [0.25, 0.3) is 0 Å². The molecule has 0 aliphatic heterocycles. The number of hydrogen-bond donors (Lipinski definition) is 1. The molecule has 4 heteroatoms. The van der Waals surface area contributed by atoms with Crippen LogP contribution in [-0.4, -0.2) is 10.8 Å². The monoisotopic (exact) mass is 258 g/mol. The molecule has 1 unspecified atom stereocenters. The van der Waals surface area contributed by atoms with Crippen LogP contribution in [0.1, 0.15) is 35.2 Å². The Bertz CT molecular complexity index is 581. The molecule has 2 N–H and O–H groups in total. The maximum Gasteiger partial charge on any atom is 0.165 e. The number of aromatic nitrogens is 1. The van der Waals surface area contributed by atoms with Crippen LogP contribution < -0.4 is 5.73 Å². The SMILES string of the molecule is CC(CC(=O)c1cncc(F)c1)c1ccc(N)cc1. The number of nitrogens with two attached hydrogens (primary N) is 1. The number of Topliss-reactive ketones (excluding diaryl/α,β-unsaturated/α-hetero) is 1. The summed E-state index contributed by atoms with van der Waals surface area (Å²) < 4.78 is 13.0. The van der Waals surface area contributed by atoms with Gasteiger partial charge in [0.05, 0.1) is 6.20 Å². The molecule has 1 aromatic heterocycles. The molecule has 0 radical (unpaired) electrons. The summed E-state index contributed by atoms with van der Waals surface area (Å²) in [4.78, 5) is 15.7. The first-order valence-corrected chi connectivity index (χ1v) is 6.05. The van der Waals surface area contributed by atoms with Crippen molar-refractivity contribution in [1.29, 1.82) is 0 Å². The summed E-state index contributed by atoms with van der Waals surface area (Å²) in [5, 5.41) is 0. The highest BCUT2D eigenvalue weighted by molar-refractivity contribution is 5.96. The summed E-state index contributed by atoms with van der Waals surface area (Å²) in [6.45, 7) is 1.95. The topological polar surface area (TPSA) is 56.0 Å². The molecule has 1 aromatic carbocycles. The molecule has 2 aromatic rings. The minimum absolute atomic E-state index is 0.0522. The van der Waals surface area contributed by atoms with Crippen molar-refractivity contribution in [2.45, 2.75) is 19.3 Å². The number of halogens is 1. The fraction of sp³-hybridized carbons (Fsp3) is 0.200. The highest BCUT2D eigenvalue weighted by atomic mass is 19.1. The van der Waals surface area contributed by atoms with Gasteiger partial charge in [0, 0.05) is 23.9 Å². The molecule has 0 saturated carbocycles. The minimum atomic E-state index is -0.494. The van der Waals surface area contributed by atoms with Crippen molar-refractivity contribution in [2.24, 2.45) is 0 Å². The van der Waals surface area contributed by atoms with Gasteiger partial charge in [-0.05, 0) is 29.7 Å². The van der Waals surface area contributed by atoms with Gasteiger partial charge in [0.15, 0.2) is 5.78 Å². The molecule has 0 saturated heterocycles. The lowest BCUT2D eigenvalue weighted by Crippen LogP contribution is -2.06. The molecule has 1 heterocycles. The highest BCUT2D eigenvalue weighted by Crippen LogP contribution is 2.22. The number of carbonyl (C=O) groups excluding carboxylic acids is 1. The fourth-order valence-electron chi connectivity index (χ4n) is 1.90. The Morgan fingerprint density at radius 3 is 2.63 bits per heavy atom. The first-order valence-electron chi connectivity index (χ1n) is 6.05. The maximum atomic E-state index is 13.0. The Morgan fingerprint density at radius 2 is 2.00 bits per heavy atom. The number of ketones is 1. The van der Waals surface area contributed by atoms with Crippen molar-refractivity contribution in [3.63, 3.8) is 0 Å². The van der Waals surface area contributed by atoms with Gasteiger partial charge in [0.2, 0.25) is 0 Å². The standard InChI is InChI=1S/C15H15FN2O/c1-10(11-2-4-14(17)5-3-11)6-15(19)12-7-13(16)9-18-8-12/h2-5,7-10H,6,17H2,1H3. The van der Waals surface area contributed by atoms with E-state index in [0.717, 1.165) is 11.8 Å². The lowest BCUT2D eigenvalue weighted by Gasteiger charge is -2.11. The Kier molecular flexibility index (Phi) is 3.90. The molecule has 98 valence electrons. The second-order valence-corrected chi connectivity index (χ2v) is 4.59. The fourth-order valence-corrected chi connectivity index (χ4v) is 1.90. The summed E-state index contributed by atoms with van der Waals surface area (Å²) in [5.74, 6) is -0.557. The minimum Gasteiger partial charge on any atom is -0.399 e. The first kappa shape index (κ1) is 13.2. The van der Waals surface area contributed by atoms with E-state index in [1.165, 1.54) is 12.3 Å².